The molecule has 0 aromatic rings. The Kier molecular flexibility index (Phi) is 8.49. The molecule has 1 N–H and O–H groups in total. The van der Waals surface area contributed by atoms with Crippen LogP contribution in [0.1, 0.15) is 59.3 Å². The van der Waals surface area contributed by atoms with Gasteiger partial charge in [0.25, 0.3) is 0 Å². The zero-order chi connectivity index (χ0) is 14.9. The van der Waals surface area contributed by atoms with E-state index in [1.807, 2.05) is 13.8 Å². The molecule has 2 unspecified atom stereocenters. The number of thioether (sulfide) groups is 1. The summed E-state index contributed by atoms with van der Waals surface area (Å²) in [6, 6.07) is 2.23. The van der Waals surface area contributed by atoms with Crippen LogP contribution in [-0.2, 0) is 9.59 Å². The number of nitriles is 1. The third kappa shape index (κ3) is 9.54. The highest BCUT2D eigenvalue weighted by atomic mass is 32.2. The van der Waals surface area contributed by atoms with Gasteiger partial charge in [0.15, 0.2) is 0 Å². The van der Waals surface area contributed by atoms with Crippen LogP contribution in [0.5, 0.6) is 0 Å². The molecule has 19 heavy (non-hydrogen) atoms. The van der Waals surface area contributed by atoms with Gasteiger partial charge in [-0.05, 0) is 26.7 Å². The van der Waals surface area contributed by atoms with Gasteiger partial charge in [0.05, 0.1) is 16.7 Å². The minimum absolute atomic E-state index is 0.0934. The number of rotatable bonds is 7. The number of aliphatic carboxylic acids is 1. The lowest BCUT2D eigenvalue weighted by Gasteiger charge is -2.19. The summed E-state index contributed by atoms with van der Waals surface area (Å²) in [6.07, 6.45) is 4.62. The molecule has 0 aromatic carbocycles. The number of unbranched alkanes of at least 4 members (excludes halogenated alkanes) is 2. The normalized spacial score (nSPS) is 19.7. The zero-order valence-corrected chi connectivity index (χ0v) is 12.8. The number of nitrogens with zero attached hydrogens (tertiary/aromatic N) is 1. The van der Waals surface area contributed by atoms with E-state index < -0.39 is 11.4 Å². The molecule has 1 fully saturated rings. The minimum Gasteiger partial charge on any atom is -0.481 e. The van der Waals surface area contributed by atoms with Crippen molar-refractivity contribution in [1.29, 1.82) is 5.26 Å². The summed E-state index contributed by atoms with van der Waals surface area (Å²) in [4.78, 5) is 20.2. The molecule has 0 aromatic heterocycles. The van der Waals surface area contributed by atoms with Crippen molar-refractivity contribution < 1.29 is 14.7 Å². The lowest BCUT2D eigenvalue weighted by molar-refractivity contribution is -0.137. The first kappa shape index (κ1) is 18.0. The maximum atomic E-state index is 10.4. The van der Waals surface area contributed by atoms with Crippen molar-refractivity contribution in [1.82, 2.24) is 0 Å². The first-order valence-electron chi connectivity index (χ1n) is 6.68. The van der Waals surface area contributed by atoms with Crippen LogP contribution in [0, 0.1) is 16.7 Å². The van der Waals surface area contributed by atoms with Crippen LogP contribution in [0.15, 0.2) is 0 Å². The van der Waals surface area contributed by atoms with Gasteiger partial charge in [-0.1, -0.05) is 37.9 Å². The van der Waals surface area contributed by atoms with Crippen LogP contribution in [0.2, 0.25) is 0 Å². The van der Waals surface area contributed by atoms with Gasteiger partial charge in [-0.2, -0.15) is 5.26 Å². The van der Waals surface area contributed by atoms with Crippen LogP contribution >= 0.6 is 11.8 Å². The Balaban J connectivity index is 0.000000532. The van der Waals surface area contributed by atoms with Gasteiger partial charge in [-0.25, -0.2) is 0 Å². The summed E-state index contributed by atoms with van der Waals surface area (Å²) >= 11 is 1.41. The molecule has 1 saturated heterocycles. The smallest absolute Gasteiger partial charge is 0.303 e. The van der Waals surface area contributed by atoms with E-state index in [1.54, 1.807) is 0 Å². The van der Waals surface area contributed by atoms with Crippen molar-refractivity contribution in [3.8, 4) is 6.07 Å². The van der Waals surface area contributed by atoms with Crippen LogP contribution in [-0.4, -0.2) is 21.4 Å². The maximum Gasteiger partial charge on any atom is 0.303 e. The number of carboxylic acids is 1. The lowest BCUT2D eigenvalue weighted by atomic mass is 9.82. The van der Waals surface area contributed by atoms with Gasteiger partial charge in [-0.3, -0.25) is 9.59 Å². The third-order valence-electron chi connectivity index (χ3n) is 3.06. The van der Waals surface area contributed by atoms with Gasteiger partial charge in [0, 0.05) is 6.42 Å². The zero-order valence-electron chi connectivity index (χ0n) is 11.9. The highest BCUT2D eigenvalue weighted by Crippen LogP contribution is 2.31. The molecule has 0 aliphatic carbocycles. The topological polar surface area (TPSA) is 78.2 Å². The van der Waals surface area contributed by atoms with Gasteiger partial charge in [-0.15, -0.1) is 0 Å². The molecule has 0 spiro atoms. The van der Waals surface area contributed by atoms with Crippen molar-refractivity contribution in [2.24, 2.45) is 5.41 Å². The maximum absolute atomic E-state index is 10.4. The first-order valence-corrected chi connectivity index (χ1v) is 7.56. The van der Waals surface area contributed by atoms with Crippen LogP contribution in [0.3, 0.4) is 0 Å². The number of carbonyl (C=O) groups excluding carboxylic acids is 1. The molecule has 1 aliphatic heterocycles. The third-order valence-corrected chi connectivity index (χ3v) is 3.96. The quantitative estimate of drug-likeness (QED) is 0.571. The molecule has 5 heteroatoms. The van der Waals surface area contributed by atoms with Gasteiger partial charge in [0.2, 0.25) is 5.12 Å². The Morgan fingerprint density at radius 2 is 2.00 bits per heavy atom. The molecule has 1 heterocycles. The molecule has 0 saturated carbocycles. The van der Waals surface area contributed by atoms with E-state index >= 15 is 0 Å². The lowest BCUT2D eigenvalue weighted by Crippen LogP contribution is -2.15. The molecule has 2 atom stereocenters. The number of hydrogen-bond acceptors (Lipinski definition) is 4. The Morgan fingerprint density at radius 3 is 2.32 bits per heavy atom. The Hall–Kier alpha value is -1.02. The van der Waals surface area contributed by atoms with Crippen molar-refractivity contribution >= 4 is 22.8 Å². The Labute approximate surface area is 119 Å². The second-order valence-corrected chi connectivity index (χ2v) is 6.45. The summed E-state index contributed by atoms with van der Waals surface area (Å²) in [5, 5.41) is 18.2. The van der Waals surface area contributed by atoms with Crippen molar-refractivity contribution in [3.63, 3.8) is 0 Å². The average molecular weight is 285 g/mol. The standard InChI is InChI=1S/C11H19NO2.C3H4OS/c1-3-4-5-7-11(2,9-12)8-6-10(13)14;1-2-3(4)5-2/h3-8H2,1-2H3,(H,13,14);2H,1H3. The van der Waals surface area contributed by atoms with E-state index in [9.17, 15) is 9.59 Å². The first-order chi connectivity index (χ1) is 8.84. The fourth-order valence-electron chi connectivity index (χ4n) is 1.52. The molecular formula is C14H23NO3S. The molecule has 108 valence electrons. The number of carboxylic acid groups (broad SMARTS) is 1. The molecule has 1 aliphatic rings. The van der Waals surface area contributed by atoms with Gasteiger partial charge in [0.1, 0.15) is 0 Å². The summed E-state index contributed by atoms with van der Waals surface area (Å²) in [5.74, 6) is -0.818. The highest BCUT2D eigenvalue weighted by molar-refractivity contribution is 8.25. The molecule has 4 nitrogen and oxygen atoms in total. The molecule has 0 bridgehead atoms. The van der Waals surface area contributed by atoms with Crippen LogP contribution < -0.4 is 0 Å². The predicted molar refractivity (Wildman–Crippen MR) is 76.8 cm³/mol. The van der Waals surface area contributed by atoms with Crippen molar-refractivity contribution in [2.75, 3.05) is 0 Å². The van der Waals surface area contributed by atoms with E-state index in [0.29, 0.717) is 16.8 Å². The molecular weight excluding hydrogens is 262 g/mol. The van der Waals surface area contributed by atoms with Crippen LogP contribution in [0.4, 0.5) is 0 Å². The Bertz CT molecular complexity index is 351. The Morgan fingerprint density at radius 1 is 1.47 bits per heavy atom. The number of carbonyl (C=O) groups is 2. The second-order valence-electron chi connectivity index (χ2n) is 5.10. The molecule has 1 rings (SSSR count). The monoisotopic (exact) mass is 285 g/mol. The van der Waals surface area contributed by atoms with Crippen molar-refractivity contribution in [2.45, 2.75) is 64.5 Å². The summed E-state index contributed by atoms with van der Waals surface area (Å²) < 4.78 is 0. The average Bonchev–Trinajstić information content (AvgIpc) is 3.01. The second kappa shape index (κ2) is 8.98. The fraction of sp³-hybridized carbons (Fsp3) is 0.786. The highest BCUT2D eigenvalue weighted by Gasteiger charge is 2.30. The number of hydrogen-bond donors (Lipinski definition) is 1. The fourth-order valence-corrected chi connectivity index (χ4v) is 1.81. The van der Waals surface area contributed by atoms with Crippen LogP contribution in [0.25, 0.3) is 0 Å². The molecule has 0 amide bonds. The van der Waals surface area contributed by atoms with E-state index in [2.05, 4.69) is 13.0 Å². The van der Waals surface area contributed by atoms with E-state index in [0.717, 1.165) is 25.7 Å². The van der Waals surface area contributed by atoms with Gasteiger partial charge >= 0.3 is 5.97 Å². The summed E-state index contributed by atoms with van der Waals surface area (Å²) in [6.45, 7) is 5.87. The summed E-state index contributed by atoms with van der Waals surface area (Å²) in [5.41, 5.74) is -0.451. The van der Waals surface area contributed by atoms with Crippen molar-refractivity contribution in [3.05, 3.63) is 0 Å². The largest absolute Gasteiger partial charge is 0.481 e. The SMILES string of the molecule is CC1SC1=O.CCCCCC(C)(C#N)CCC(=O)O. The van der Waals surface area contributed by atoms with Gasteiger partial charge < -0.3 is 5.11 Å². The minimum atomic E-state index is -0.818. The van der Waals surface area contributed by atoms with E-state index in [-0.39, 0.29) is 6.42 Å². The molecule has 0 radical (unpaired) electrons. The summed E-state index contributed by atoms with van der Waals surface area (Å²) in [7, 11) is 0. The predicted octanol–water partition coefficient (Wildman–Crippen LogP) is 3.61. The van der Waals surface area contributed by atoms with E-state index in [1.165, 1.54) is 11.8 Å². The van der Waals surface area contributed by atoms with E-state index in [4.69, 9.17) is 10.4 Å².